The Labute approximate surface area is 171 Å². The highest BCUT2D eigenvalue weighted by atomic mass is 16.3. The van der Waals surface area contributed by atoms with Gasteiger partial charge >= 0.3 is 0 Å². The van der Waals surface area contributed by atoms with Crippen molar-refractivity contribution in [3.63, 3.8) is 0 Å². The Hall–Kier alpha value is -2.73. The minimum Gasteiger partial charge on any atom is -0.390 e. The number of hydrogen-bond acceptors (Lipinski definition) is 5. The summed E-state index contributed by atoms with van der Waals surface area (Å²) in [6.07, 6.45) is 2.09. The van der Waals surface area contributed by atoms with E-state index in [0.29, 0.717) is 6.54 Å². The summed E-state index contributed by atoms with van der Waals surface area (Å²) in [5.74, 6) is 1.18. The van der Waals surface area contributed by atoms with E-state index in [1.807, 2.05) is 63.4 Å². The fourth-order valence-electron chi connectivity index (χ4n) is 3.87. The number of nitrogens with zero attached hydrogens (tertiary/aromatic N) is 3. The fourth-order valence-corrected chi connectivity index (χ4v) is 3.87. The lowest BCUT2D eigenvalue weighted by Crippen LogP contribution is -2.57. The van der Waals surface area contributed by atoms with Crippen molar-refractivity contribution in [2.24, 2.45) is 10.9 Å². The molecule has 4 rings (SSSR count). The third kappa shape index (κ3) is 4.17. The van der Waals surface area contributed by atoms with Crippen LogP contribution in [0.15, 0.2) is 47.6 Å². The first kappa shape index (κ1) is 19.6. The standard InChI is InChI=1S/C23H28N4O2/c1-15(16-7-5-4-6-8-16)26-21(28)10-19-9-17-11-25-22(20(17)12-24-19)27-13-18(14-27)23(2,3)29/h4-9,12,15,18,29H,10-11,13-14H2,1-3H3,(H,26,28)/t15-/m1/s1. The third-order valence-corrected chi connectivity index (χ3v) is 5.89. The van der Waals surface area contributed by atoms with Crippen molar-refractivity contribution in [2.45, 2.75) is 45.4 Å². The highest BCUT2D eigenvalue weighted by Gasteiger charge is 2.40. The van der Waals surface area contributed by atoms with Gasteiger partial charge in [0.05, 0.1) is 30.3 Å². The highest BCUT2D eigenvalue weighted by molar-refractivity contribution is 6.02. The Morgan fingerprint density at radius 3 is 2.72 bits per heavy atom. The monoisotopic (exact) mass is 392 g/mol. The van der Waals surface area contributed by atoms with Crippen LogP contribution in [0.4, 0.5) is 0 Å². The predicted molar refractivity (Wildman–Crippen MR) is 113 cm³/mol. The summed E-state index contributed by atoms with van der Waals surface area (Å²) in [6, 6.07) is 11.9. The molecule has 1 fully saturated rings. The van der Waals surface area contributed by atoms with Crippen LogP contribution in [0.2, 0.25) is 0 Å². The van der Waals surface area contributed by atoms with E-state index in [9.17, 15) is 9.90 Å². The van der Waals surface area contributed by atoms with Crippen molar-refractivity contribution in [3.8, 4) is 0 Å². The molecule has 3 heterocycles. The van der Waals surface area contributed by atoms with Crippen LogP contribution >= 0.6 is 0 Å². The van der Waals surface area contributed by atoms with Gasteiger partial charge in [0.1, 0.15) is 5.84 Å². The normalized spacial score (nSPS) is 17.4. The first-order valence-corrected chi connectivity index (χ1v) is 10.2. The Balaban J connectivity index is 1.36. The number of hydrogen-bond donors (Lipinski definition) is 2. The highest BCUT2D eigenvalue weighted by Crippen LogP contribution is 2.31. The number of carbonyl (C=O) groups excluding carboxylic acids is 1. The topological polar surface area (TPSA) is 77.8 Å². The van der Waals surface area contributed by atoms with Gasteiger partial charge in [0.25, 0.3) is 0 Å². The molecule has 0 bridgehead atoms. The lowest BCUT2D eigenvalue weighted by Gasteiger charge is -2.46. The number of amides is 1. The molecule has 2 aliphatic heterocycles. The minimum atomic E-state index is -0.662. The van der Waals surface area contributed by atoms with Crippen LogP contribution in [0.25, 0.3) is 0 Å². The molecule has 6 heteroatoms. The van der Waals surface area contributed by atoms with Crippen molar-refractivity contribution in [2.75, 3.05) is 13.1 Å². The third-order valence-electron chi connectivity index (χ3n) is 5.89. The smallest absolute Gasteiger partial charge is 0.226 e. The van der Waals surface area contributed by atoms with Crippen LogP contribution < -0.4 is 5.32 Å². The second-order valence-corrected chi connectivity index (χ2v) is 8.60. The molecule has 2 N–H and O–H groups in total. The number of amidine groups is 1. The molecule has 0 spiro atoms. The zero-order valence-electron chi connectivity index (χ0n) is 17.2. The predicted octanol–water partition coefficient (Wildman–Crippen LogP) is 2.46. The van der Waals surface area contributed by atoms with Gasteiger partial charge in [0.15, 0.2) is 0 Å². The molecule has 1 aromatic carbocycles. The summed E-state index contributed by atoms with van der Waals surface area (Å²) in [7, 11) is 0. The van der Waals surface area contributed by atoms with Crippen molar-refractivity contribution in [3.05, 3.63) is 65.0 Å². The number of rotatable bonds is 5. The number of aromatic nitrogens is 1. The van der Waals surface area contributed by atoms with E-state index in [4.69, 9.17) is 0 Å². The van der Waals surface area contributed by atoms with Gasteiger partial charge in [-0.1, -0.05) is 30.3 Å². The number of fused-ring (bicyclic) bond motifs is 1. The van der Waals surface area contributed by atoms with E-state index in [1.165, 1.54) is 0 Å². The average molecular weight is 393 g/mol. The number of carbonyl (C=O) groups is 1. The van der Waals surface area contributed by atoms with E-state index in [0.717, 1.165) is 41.3 Å². The van der Waals surface area contributed by atoms with Crippen LogP contribution in [0, 0.1) is 5.92 Å². The number of aliphatic hydroxyl groups is 1. The van der Waals surface area contributed by atoms with E-state index in [-0.39, 0.29) is 24.3 Å². The Kier molecular flexibility index (Phi) is 5.13. The molecule has 1 saturated heterocycles. The molecule has 29 heavy (non-hydrogen) atoms. The average Bonchev–Trinajstić information content (AvgIpc) is 3.03. The van der Waals surface area contributed by atoms with Gasteiger partial charge in [0.2, 0.25) is 5.91 Å². The number of nitrogens with one attached hydrogen (secondary N) is 1. The molecule has 1 aromatic heterocycles. The van der Waals surface area contributed by atoms with Crippen molar-refractivity contribution < 1.29 is 9.90 Å². The molecular formula is C23H28N4O2. The number of benzene rings is 1. The fraction of sp³-hybridized carbons (Fsp3) is 0.435. The minimum absolute atomic E-state index is 0.0382. The molecule has 1 amide bonds. The van der Waals surface area contributed by atoms with Gasteiger partial charge in [-0.05, 0) is 38.0 Å². The number of likely N-dealkylation sites (tertiary alicyclic amines) is 1. The first-order valence-electron chi connectivity index (χ1n) is 10.2. The van der Waals surface area contributed by atoms with E-state index in [1.54, 1.807) is 0 Å². The Morgan fingerprint density at radius 2 is 2.03 bits per heavy atom. The maximum atomic E-state index is 12.4. The van der Waals surface area contributed by atoms with Crippen molar-refractivity contribution >= 4 is 11.7 Å². The quantitative estimate of drug-likeness (QED) is 0.819. The molecule has 152 valence electrons. The molecule has 2 aromatic rings. The second kappa shape index (κ2) is 7.59. The first-order chi connectivity index (χ1) is 13.8. The largest absolute Gasteiger partial charge is 0.390 e. The van der Waals surface area contributed by atoms with Crippen LogP contribution in [-0.2, 0) is 17.8 Å². The zero-order chi connectivity index (χ0) is 20.6. The van der Waals surface area contributed by atoms with Gasteiger partial charge in [-0.2, -0.15) is 0 Å². The molecule has 0 aliphatic carbocycles. The Morgan fingerprint density at radius 1 is 1.31 bits per heavy atom. The van der Waals surface area contributed by atoms with Gasteiger partial charge in [-0.25, -0.2) is 0 Å². The lowest BCUT2D eigenvalue weighted by molar-refractivity contribution is -0.121. The molecule has 0 radical (unpaired) electrons. The molecule has 0 unspecified atom stereocenters. The summed E-state index contributed by atoms with van der Waals surface area (Å²) in [6.45, 7) is 7.93. The SMILES string of the molecule is C[C@@H](NC(=O)Cc1cc2c(cn1)C(N1CC(C(C)(C)O)C1)=NC2)c1ccccc1. The summed E-state index contributed by atoms with van der Waals surface area (Å²) in [5.41, 5.74) is 3.34. The van der Waals surface area contributed by atoms with Gasteiger partial charge in [0, 0.05) is 30.8 Å². The second-order valence-electron chi connectivity index (χ2n) is 8.60. The molecule has 1 atom stereocenters. The maximum Gasteiger partial charge on any atom is 0.226 e. The van der Waals surface area contributed by atoms with Crippen LogP contribution in [0.5, 0.6) is 0 Å². The van der Waals surface area contributed by atoms with Crippen LogP contribution in [-0.4, -0.2) is 45.4 Å². The molecule has 0 saturated carbocycles. The van der Waals surface area contributed by atoms with E-state index >= 15 is 0 Å². The van der Waals surface area contributed by atoms with Crippen molar-refractivity contribution in [1.82, 2.24) is 15.2 Å². The van der Waals surface area contributed by atoms with Crippen molar-refractivity contribution in [1.29, 1.82) is 0 Å². The number of pyridine rings is 1. The van der Waals surface area contributed by atoms with Gasteiger partial charge in [-0.3, -0.25) is 14.8 Å². The maximum absolute atomic E-state index is 12.4. The molecule has 6 nitrogen and oxygen atoms in total. The van der Waals surface area contributed by atoms with Crippen LogP contribution in [0.1, 0.15) is 49.2 Å². The van der Waals surface area contributed by atoms with E-state index < -0.39 is 5.60 Å². The van der Waals surface area contributed by atoms with Gasteiger partial charge in [-0.15, -0.1) is 0 Å². The summed E-state index contributed by atoms with van der Waals surface area (Å²) in [4.78, 5) is 23.8. The van der Waals surface area contributed by atoms with E-state index in [2.05, 4.69) is 20.2 Å². The van der Waals surface area contributed by atoms with Gasteiger partial charge < -0.3 is 15.3 Å². The Bertz CT molecular complexity index is 928. The molecule has 2 aliphatic rings. The number of aliphatic imine (C=N–C) groups is 1. The summed E-state index contributed by atoms with van der Waals surface area (Å²) < 4.78 is 0. The molecular weight excluding hydrogens is 364 g/mol. The van der Waals surface area contributed by atoms with Crippen LogP contribution in [0.3, 0.4) is 0 Å². The lowest BCUT2D eigenvalue weighted by atomic mass is 9.84. The summed E-state index contributed by atoms with van der Waals surface area (Å²) >= 11 is 0. The summed E-state index contributed by atoms with van der Waals surface area (Å²) in [5, 5.41) is 13.2. The zero-order valence-corrected chi connectivity index (χ0v) is 17.2.